The fraction of sp³-hybridized carbons (Fsp3) is 0.200. The van der Waals surface area contributed by atoms with Gasteiger partial charge >= 0.3 is 0 Å². The third kappa shape index (κ3) is 1.58. The van der Waals surface area contributed by atoms with Crippen LogP contribution in [-0.2, 0) is 12.8 Å². The molecule has 0 radical (unpaired) electrons. The van der Waals surface area contributed by atoms with Gasteiger partial charge < -0.3 is 4.57 Å². The van der Waals surface area contributed by atoms with Gasteiger partial charge in [-0.05, 0) is 48.6 Å². The Morgan fingerprint density at radius 1 is 1.00 bits per heavy atom. The highest BCUT2D eigenvalue weighted by Crippen LogP contribution is 2.21. The molecule has 80 valence electrons. The molecule has 1 aliphatic carbocycles. The molecule has 0 unspecified atom stereocenters. The minimum Gasteiger partial charge on any atom is -0.323 e. The molecular weight excluding hydrogens is 194 g/mol. The second-order valence-corrected chi connectivity index (χ2v) is 4.43. The Morgan fingerprint density at radius 3 is 2.31 bits per heavy atom. The van der Waals surface area contributed by atoms with Gasteiger partial charge in [0.2, 0.25) is 0 Å². The number of hydrogen-bond donors (Lipinski definition) is 0. The van der Waals surface area contributed by atoms with Crippen molar-refractivity contribution < 1.29 is 0 Å². The smallest absolute Gasteiger partial charge is 0.0452 e. The molecule has 0 bridgehead atoms. The largest absolute Gasteiger partial charge is 0.323 e. The molecule has 1 aromatic carbocycles. The number of aryl methyl sites for hydroxylation is 1. The Kier molecular flexibility index (Phi) is 2.17. The van der Waals surface area contributed by atoms with Crippen molar-refractivity contribution >= 4 is 0 Å². The molecule has 0 amide bonds. The topological polar surface area (TPSA) is 4.93 Å². The zero-order valence-electron chi connectivity index (χ0n) is 9.48. The van der Waals surface area contributed by atoms with E-state index in [0.717, 1.165) is 12.8 Å². The van der Waals surface area contributed by atoms with Crippen molar-refractivity contribution in [3.8, 4) is 5.69 Å². The van der Waals surface area contributed by atoms with Crippen LogP contribution in [0.4, 0.5) is 0 Å². The molecule has 0 aliphatic heterocycles. The lowest BCUT2D eigenvalue weighted by molar-refractivity contribution is 1.06. The summed E-state index contributed by atoms with van der Waals surface area (Å²) >= 11 is 0. The maximum Gasteiger partial charge on any atom is 0.0452 e. The number of fused-ring (bicyclic) bond motifs is 1. The summed E-state index contributed by atoms with van der Waals surface area (Å²) in [5.41, 5.74) is 5.49. The van der Waals surface area contributed by atoms with Crippen LogP contribution in [0.3, 0.4) is 0 Å². The fourth-order valence-corrected chi connectivity index (χ4v) is 2.26. The van der Waals surface area contributed by atoms with Gasteiger partial charge in [0, 0.05) is 18.1 Å². The summed E-state index contributed by atoms with van der Waals surface area (Å²) in [7, 11) is 0. The van der Waals surface area contributed by atoms with E-state index in [9.17, 15) is 0 Å². The Balaban J connectivity index is 2.04. The summed E-state index contributed by atoms with van der Waals surface area (Å²) in [5, 5.41) is 0. The summed E-state index contributed by atoms with van der Waals surface area (Å²) in [5.74, 6) is 0. The lowest BCUT2D eigenvalue weighted by atomic mass is 10.0. The predicted octanol–water partition coefficient (Wildman–Crippen LogP) is 3.44. The van der Waals surface area contributed by atoms with Crippen molar-refractivity contribution in [2.75, 3.05) is 0 Å². The van der Waals surface area contributed by atoms with Gasteiger partial charge in [-0.15, -0.1) is 0 Å². The van der Waals surface area contributed by atoms with E-state index in [1.165, 1.54) is 22.4 Å². The Labute approximate surface area is 96.0 Å². The highest BCUT2D eigenvalue weighted by Gasteiger charge is 2.08. The first-order chi connectivity index (χ1) is 7.83. The number of aromatic nitrogens is 1. The molecule has 0 atom stereocenters. The van der Waals surface area contributed by atoms with Crippen molar-refractivity contribution in [1.29, 1.82) is 0 Å². The number of rotatable bonds is 1. The van der Waals surface area contributed by atoms with E-state index in [4.69, 9.17) is 0 Å². The minimum absolute atomic E-state index is 1.08. The number of allylic oxidation sites excluding steroid dienone is 2. The van der Waals surface area contributed by atoms with E-state index >= 15 is 0 Å². The summed E-state index contributed by atoms with van der Waals surface area (Å²) in [4.78, 5) is 0. The highest BCUT2D eigenvalue weighted by atomic mass is 14.9. The van der Waals surface area contributed by atoms with Gasteiger partial charge in [0.25, 0.3) is 0 Å². The normalized spacial score (nSPS) is 13.8. The van der Waals surface area contributed by atoms with E-state index in [0.29, 0.717) is 0 Å². The van der Waals surface area contributed by atoms with Gasteiger partial charge in [-0.3, -0.25) is 0 Å². The first-order valence-electron chi connectivity index (χ1n) is 5.75. The van der Waals surface area contributed by atoms with E-state index in [-0.39, 0.29) is 0 Å². The van der Waals surface area contributed by atoms with Crippen LogP contribution in [0.25, 0.3) is 5.69 Å². The van der Waals surface area contributed by atoms with Crippen molar-refractivity contribution in [1.82, 2.24) is 4.57 Å². The fourth-order valence-electron chi connectivity index (χ4n) is 2.26. The SMILES string of the molecule is Cc1cccc(-n2cc3c(c2)CC=CC3)c1. The van der Waals surface area contributed by atoms with E-state index < -0.39 is 0 Å². The van der Waals surface area contributed by atoms with Gasteiger partial charge in [-0.1, -0.05) is 24.3 Å². The average molecular weight is 209 g/mol. The molecule has 0 saturated carbocycles. The molecule has 16 heavy (non-hydrogen) atoms. The highest BCUT2D eigenvalue weighted by molar-refractivity contribution is 5.41. The summed E-state index contributed by atoms with van der Waals surface area (Å²) < 4.78 is 2.24. The lowest BCUT2D eigenvalue weighted by Gasteiger charge is -2.03. The Bertz CT molecular complexity index is 521. The number of hydrogen-bond acceptors (Lipinski definition) is 0. The molecule has 0 saturated heterocycles. The van der Waals surface area contributed by atoms with Crippen LogP contribution in [0.1, 0.15) is 16.7 Å². The van der Waals surface area contributed by atoms with Crippen molar-refractivity contribution in [3.05, 3.63) is 65.5 Å². The maximum atomic E-state index is 2.26. The zero-order chi connectivity index (χ0) is 11.0. The van der Waals surface area contributed by atoms with E-state index in [2.05, 4.69) is 60.3 Å². The van der Waals surface area contributed by atoms with Crippen LogP contribution < -0.4 is 0 Å². The molecule has 1 heteroatoms. The summed E-state index contributed by atoms with van der Waals surface area (Å²) in [6, 6.07) is 8.63. The van der Waals surface area contributed by atoms with Crippen molar-refractivity contribution in [3.63, 3.8) is 0 Å². The van der Waals surface area contributed by atoms with Crippen LogP contribution in [0.2, 0.25) is 0 Å². The van der Waals surface area contributed by atoms with Gasteiger partial charge in [0.1, 0.15) is 0 Å². The second kappa shape index (κ2) is 3.67. The van der Waals surface area contributed by atoms with Crippen LogP contribution >= 0.6 is 0 Å². The van der Waals surface area contributed by atoms with Gasteiger partial charge in [0.05, 0.1) is 0 Å². The van der Waals surface area contributed by atoms with Gasteiger partial charge in [-0.25, -0.2) is 0 Å². The van der Waals surface area contributed by atoms with Crippen LogP contribution in [0, 0.1) is 6.92 Å². The first kappa shape index (κ1) is 9.46. The standard InChI is InChI=1S/C15H15N/c1-12-5-4-8-15(9-12)16-10-13-6-2-3-7-14(13)11-16/h2-5,8-11H,6-7H2,1H3. The molecule has 1 nitrogen and oxygen atoms in total. The second-order valence-electron chi connectivity index (χ2n) is 4.43. The third-order valence-corrected chi connectivity index (χ3v) is 3.14. The van der Waals surface area contributed by atoms with E-state index in [1.54, 1.807) is 0 Å². The van der Waals surface area contributed by atoms with Crippen LogP contribution in [0.5, 0.6) is 0 Å². The molecule has 2 aromatic rings. The molecule has 1 aromatic heterocycles. The lowest BCUT2D eigenvalue weighted by Crippen LogP contribution is -1.90. The van der Waals surface area contributed by atoms with E-state index in [1.807, 2.05) is 0 Å². The molecule has 3 rings (SSSR count). The first-order valence-corrected chi connectivity index (χ1v) is 5.75. The zero-order valence-corrected chi connectivity index (χ0v) is 9.48. The molecule has 0 N–H and O–H groups in total. The molecule has 0 fully saturated rings. The Hall–Kier alpha value is -1.76. The molecule has 0 spiro atoms. The number of nitrogens with zero attached hydrogens (tertiary/aromatic N) is 1. The molecular formula is C15H15N. The monoisotopic (exact) mass is 209 g/mol. The third-order valence-electron chi connectivity index (χ3n) is 3.14. The van der Waals surface area contributed by atoms with Gasteiger partial charge in [-0.2, -0.15) is 0 Å². The molecule has 1 heterocycles. The summed E-state index contributed by atoms with van der Waals surface area (Å²) in [6.45, 7) is 2.13. The predicted molar refractivity (Wildman–Crippen MR) is 67.1 cm³/mol. The van der Waals surface area contributed by atoms with Crippen molar-refractivity contribution in [2.45, 2.75) is 19.8 Å². The maximum absolute atomic E-state index is 2.26. The summed E-state index contributed by atoms with van der Waals surface area (Å²) in [6.07, 6.45) is 11.2. The number of benzene rings is 1. The van der Waals surface area contributed by atoms with Crippen LogP contribution in [-0.4, -0.2) is 4.57 Å². The quantitative estimate of drug-likeness (QED) is 0.634. The minimum atomic E-state index is 1.08. The average Bonchev–Trinajstić information content (AvgIpc) is 2.72. The molecule has 1 aliphatic rings. The van der Waals surface area contributed by atoms with Gasteiger partial charge in [0.15, 0.2) is 0 Å². The van der Waals surface area contributed by atoms with Crippen LogP contribution in [0.15, 0.2) is 48.8 Å². The van der Waals surface area contributed by atoms with Crippen molar-refractivity contribution in [2.24, 2.45) is 0 Å². The Morgan fingerprint density at radius 2 is 1.69 bits per heavy atom.